The van der Waals surface area contributed by atoms with Crippen molar-refractivity contribution in [1.29, 1.82) is 0 Å². The summed E-state index contributed by atoms with van der Waals surface area (Å²) < 4.78 is 3.26. The summed E-state index contributed by atoms with van der Waals surface area (Å²) in [6.07, 6.45) is 1.73. The van der Waals surface area contributed by atoms with Gasteiger partial charge in [-0.3, -0.25) is 9.20 Å². The van der Waals surface area contributed by atoms with Crippen LogP contribution in [0.15, 0.2) is 33.7 Å². The third-order valence-corrected chi connectivity index (χ3v) is 4.93. The Morgan fingerprint density at radius 3 is 2.96 bits per heavy atom. The van der Waals surface area contributed by atoms with E-state index in [1.807, 2.05) is 25.3 Å². The van der Waals surface area contributed by atoms with Crippen molar-refractivity contribution in [2.75, 3.05) is 0 Å². The molecule has 0 aromatic carbocycles. The van der Waals surface area contributed by atoms with Crippen molar-refractivity contribution in [1.82, 2.24) is 29.0 Å². The number of aromatic nitrogens is 6. The van der Waals surface area contributed by atoms with Crippen LogP contribution in [0.25, 0.3) is 10.7 Å². The summed E-state index contributed by atoms with van der Waals surface area (Å²) in [6, 6.07) is 3.51. The summed E-state index contributed by atoms with van der Waals surface area (Å²) in [6.45, 7) is 3.90. The number of aryl methyl sites for hydroxylation is 2. The van der Waals surface area contributed by atoms with Crippen LogP contribution in [0.2, 0.25) is 0 Å². The van der Waals surface area contributed by atoms with Crippen LogP contribution in [-0.4, -0.2) is 29.0 Å². The number of fused-ring (bicyclic) bond motifs is 2. The molecule has 4 heterocycles. The van der Waals surface area contributed by atoms with E-state index in [0.717, 1.165) is 17.1 Å². The second-order valence-corrected chi connectivity index (χ2v) is 6.89. The van der Waals surface area contributed by atoms with E-state index < -0.39 is 0 Å². The molecule has 0 saturated carbocycles. The first kappa shape index (κ1) is 14.3. The summed E-state index contributed by atoms with van der Waals surface area (Å²) in [5.41, 5.74) is 2.56. The van der Waals surface area contributed by atoms with Crippen LogP contribution in [0, 0.1) is 13.8 Å². The van der Waals surface area contributed by atoms with E-state index in [1.165, 1.54) is 27.5 Å². The maximum absolute atomic E-state index is 12.0. The van der Waals surface area contributed by atoms with Crippen molar-refractivity contribution in [2.45, 2.75) is 24.8 Å². The second-order valence-electron chi connectivity index (χ2n) is 5.08. The Bertz CT molecular complexity index is 1080. The quantitative estimate of drug-likeness (QED) is 0.530. The van der Waals surface area contributed by atoms with Gasteiger partial charge in [-0.1, -0.05) is 11.8 Å². The lowest BCUT2D eigenvalue weighted by atomic mass is 10.4. The van der Waals surface area contributed by atoms with Crippen LogP contribution in [0.3, 0.4) is 0 Å². The first-order valence-corrected chi connectivity index (χ1v) is 8.76. The highest BCUT2D eigenvalue weighted by molar-refractivity contribution is 7.98. The molecule has 9 heteroatoms. The van der Waals surface area contributed by atoms with E-state index >= 15 is 0 Å². The first-order chi connectivity index (χ1) is 11.1. The van der Waals surface area contributed by atoms with Gasteiger partial charge in [0.2, 0.25) is 5.16 Å². The number of rotatable bonds is 3. The number of thioether (sulfide) groups is 1. The Morgan fingerprint density at radius 2 is 2.09 bits per heavy atom. The lowest BCUT2D eigenvalue weighted by Crippen LogP contribution is -2.12. The number of nitrogens with zero attached hydrogens (tertiary/aromatic N) is 6. The monoisotopic (exact) mass is 344 g/mol. The maximum atomic E-state index is 12.0. The van der Waals surface area contributed by atoms with Gasteiger partial charge in [0.1, 0.15) is 0 Å². The second kappa shape index (κ2) is 5.43. The third-order valence-electron chi connectivity index (χ3n) is 3.30. The van der Waals surface area contributed by atoms with Gasteiger partial charge in [-0.05, 0) is 19.9 Å². The SMILES string of the molecule is Cc1cc(C)n2nc(SCc3cc(=O)n4ccsc4n3)nc2n1. The van der Waals surface area contributed by atoms with E-state index in [0.29, 0.717) is 21.6 Å². The minimum atomic E-state index is -0.0667. The Morgan fingerprint density at radius 1 is 1.22 bits per heavy atom. The van der Waals surface area contributed by atoms with Crippen LogP contribution in [-0.2, 0) is 5.75 Å². The molecular weight excluding hydrogens is 332 g/mol. The zero-order valence-electron chi connectivity index (χ0n) is 12.4. The molecule has 0 spiro atoms. The van der Waals surface area contributed by atoms with Gasteiger partial charge >= 0.3 is 0 Å². The van der Waals surface area contributed by atoms with Gasteiger partial charge in [0, 0.05) is 34.8 Å². The molecule has 23 heavy (non-hydrogen) atoms. The molecule has 7 nitrogen and oxygen atoms in total. The van der Waals surface area contributed by atoms with Crippen molar-refractivity contribution < 1.29 is 0 Å². The number of thiazole rings is 1. The van der Waals surface area contributed by atoms with Gasteiger partial charge in [-0.2, -0.15) is 4.98 Å². The molecule has 0 unspecified atom stereocenters. The Labute approximate surface area is 139 Å². The summed E-state index contributed by atoms with van der Waals surface area (Å²) in [5.74, 6) is 1.13. The average molecular weight is 344 g/mol. The van der Waals surface area contributed by atoms with Crippen LogP contribution in [0.4, 0.5) is 0 Å². The van der Waals surface area contributed by atoms with Crippen molar-refractivity contribution in [3.8, 4) is 0 Å². The van der Waals surface area contributed by atoms with Gasteiger partial charge in [0.05, 0.1) is 5.69 Å². The fourth-order valence-electron chi connectivity index (χ4n) is 2.31. The third kappa shape index (κ3) is 2.62. The molecule has 0 fully saturated rings. The smallest absolute Gasteiger partial charge is 0.258 e. The number of hydrogen-bond acceptors (Lipinski definition) is 7. The molecule has 0 amide bonds. The van der Waals surface area contributed by atoms with Gasteiger partial charge in [-0.15, -0.1) is 16.4 Å². The molecule has 4 aromatic rings. The topological polar surface area (TPSA) is 77.5 Å². The largest absolute Gasteiger partial charge is 0.269 e. The predicted molar refractivity (Wildman–Crippen MR) is 89.2 cm³/mol. The Hall–Kier alpha value is -2.26. The van der Waals surface area contributed by atoms with Gasteiger partial charge < -0.3 is 0 Å². The Kier molecular flexibility index (Phi) is 3.38. The average Bonchev–Trinajstić information content (AvgIpc) is 3.11. The minimum Gasteiger partial charge on any atom is -0.269 e. The highest BCUT2D eigenvalue weighted by Crippen LogP contribution is 2.19. The van der Waals surface area contributed by atoms with Crippen molar-refractivity contribution >= 4 is 33.8 Å². The van der Waals surface area contributed by atoms with Crippen molar-refractivity contribution in [3.63, 3.8) is 0 Å². The Balaban J connectivity index is 1.62. The van der Waals surface area contributed by atoms with Crippen molar-refractivity contribution in [3.05, 3.63) is 51.1 Å². The molecule has 4 rings (SSSR count). The summed E-state index contributed by atoms with van der Waals surface area (Å²) in [7, 11) is 0. The van der Waals surface area contributed by atoms with Gasteiger partial charge in [0.25, 0.3) is 11.3 Å². The number of hydrogen-bond donors (Lipinski definition) is 0. The summed E-state index contributed by atoms with van der Waals surface area (Å²) in [5, 5.41) is 6.91. The minimum absolute atomic E-state index is 0.0667. The lowest BCUT2D eigenvalue weighted by molar-refractivity contribution is 0.843. The van der Waals surface area contributed by atoms with E-state index in [4.69, 9.17) is 0 Å². The molecular formula is C14H12N6OS2. The van der Waals surface area contributed by atoms with Crippen LogP contribution in [0.1, 0.15) is 17.1 Å². The van der Waals surface area contributed by atoms with E-state index in [2.05, 4.69) is 20.1 Å². The highest BCUT2D eigenvalue weighted by atomic mass is 32.2. The van der Waals surface area contributed by atoms with Crippen molar-refractivity contribution in [2.24, 2.45) is 0 Å². The normalized spacial score (nSPS) is 11.6. The maximum Gasteiger partial charge on any atom is 0.258 e. The molecule has 0 atom stereocenters. The molecule has 4 aromatic heterocycles. The van der Waals surface area contributed by atoms with E-state index in [1.54, 1.807) is 16.8 Å². The fourth-order valence-corrected chi connectivity index (χ4v) is 3.76. The lowest BCUT2D eigenvalue weighted by Gasteiger charge is -1.98. The van der Waals surface area contributed by atoms with Gasteiger partial charge in [-0.25, -0.2) is 14.5 Å². The van der Waals surface area contributed by atoms with Crippen LogP contribution < -0.4 is 5.56 Å². The molecule has 0 aliphatic heterocycles. The standard InChI is InChI=1S/C14H12N6OS2/c1-8-5-9(2)20-12(15-8)17-13(18-20)23-7-10-6-11(21)19-3-4-22-14(19)16-10/h3-6H,7H2,1-2H3. The molecule has 0 aliphatic carbocycles. The molecule has 0 N–H and O–H groups in total. The zero-order chi connectivity index (χ0) is 16.0. The predicted octanol–water partition coefficient (Wildman–Crippen LogP) is 2.10. The molecule has 116 valence electrons. The molecule has 0 radical (unpaired) electrons. The molecule has 0 aliphatic rings. The van der Waals surface area contributed by atoms with E-state index in [-0.39, 0.29) is 5.56 Å². The summed E-state index contributed by atoms with van der Waals surface area (Å²) >= 11 is 2.89. The molecule has 0 bridgehead atoms. The molecule has 0 saturated heterocycles. The van der Waals surface area contributed by atoms with Crippen LogP contribution in [0.5, 0.6) is 0 Å². The van der Waals surface area contributed by atoms with Gasteiger partial charge in [0.15, 0.2) is 4.96 Å². The highest BCUT2D eigenvalue weighted by Gasteiger charge is 2.10. The van der Waals surface area contributed by atoms with E-state index in [9.17, 15) is 4.79 Å². The zero-order valence-corrected chi connectivity index (χ0v) is 14.1. The fraction of sp³-hybridized carbons (Fsp3) is 0.214. The first-order valence-electron chi connectivity index (χ1n) is 6.90. The summed E-state index contributed by atoms with van der Waals surface area (Å²) in [4.78, 5) is 25.9. The van der Waals surface area contributed by atoms with Crippen LogP contribution >= 0.6 is 23.1 Å².